The molecular weight excluding hydrogens is 380 g/mol. The number of nitrogens with zero attached hydrogens (tertiary/aromatic N) is 6. The van der Waals surface area contributed by atoms with Crippen LogP contribution < -0.4 is 10.2 Å². The molecule has 0 spiro atoms. The van der Waals surface area contributed by atoms with E-state index in [2.05, 4.69) is 20.4 Å². The van der Waals surface area contributed by atoms with Gasteiger partial charge in [0.1, 0.15) is 23.8 Å². The van der Waals surface area contributed by atoms with Crippen molar-refractivity contribution in [1.29, 1.82) is 0 Å². The lowest BCUT2D eigenvalue weighted by Gasteiger charge is -2.35. The predicted molar refractivity (Wildman–Crippen MR) is 103 cm³/mol. The third-order valence-electron chi connectivity index (χ3n) is 4.66. The van der Waals surface area contributed by atoms with Gasteiger partial charge < -0.3 is 15.1 Å². The maximum atomic E-state index is 13.7. The van der Waals surface area contributed by atoms with E-state index < -0.39 is 17.7 Å². The molecule has 8 nitrogen and oxygen atoms in total. The van der Waals surface area contributed by atoms with Crippen molar-refractivity contribution in [3.8, 4) is 5.82 Å². The minimum Gasteiger partial charge on any atom is -0.353 e. The Morgan fingerprint density at radius 3 is 2.48 bits per heavy atom. The van der Waals surface area contributed by atoms with E-state index in [1.165, 1.54) is 12.4 Å². The Bertz CT molecular complexity index is 1030. The largest absolute Gasteiger partial charge is 0.353 e. The summed E-state index contributed by atoms with van der Waals surface area (Å²) in [5.41, 5.74) is 0.844. The van der Waals surface area contributed by atoms with Crippen LogP contribution in [0.2, 0.25) is 0 Å². The average molecular weight is 399 g/mol. The van der Waals surface area contributed by atoms with Crippen LogP contribution in [-0.2, 0) is 0 Å². The van der Waals surface area contributed by atoms with Crippen LogP contribution in [0.1, 0.15) is 5.69 Å². The van der Waals surface area contributed by atoms with Gasteiger partial charge in [0.2, 0.25) is 0 Å². The normalized spacial score (nSPS) is 14.2. The minimum absolute atomic E-state index is 0.0474. The molecule has 1 fully saturated rings. The van der Waals surface area contributed by atoms with Crippen LogP contribution in [0.4, 0.5) is 25.1 Å². The molecule has 150 valence electrons. The van der Waals surface area contributed by atoms with Gasteiger partial charge in [-0.05, 0) is 25.1 Å². The number of hydrogen-bond acceptors (Lipinski definition) is 5. The molecule has 3 aromatic rings. The van der Waals surface area contributed by atoms with Gasteiger partial charge in [-0.15, -0.1) is 0 Å². The lowest BCUT2D eigenvalue weighted by atomic mass is 10.3. The fourth-order valence-electron chi connectivity index (χ4n) is 3.10. The second kappa shape index (κ2) is 7.82. The van der Waals surface area contributed by atoms with Gasteiger partial charge in [0.15, 0.2) is 5.82 Å². The highest BCUT2D eigenvalue weighted by Crippen LogP contribution is 2.18. The zero-order valence-electron chi connectivity index (χ0n) is 15.7. The van der Waals surface area contributed by atoms with Crippen LogP contribution in [-0.4, -0.2) is 56.9 Å². The number of amides is 2. The zero-order valence-corrected chi connectivity index (χ0v) is 15.7. The van der Waals surface area contributed by atoms with Crippen molar-refractivity contribution in [3.63, 3.8) is 0 Å². The summed E-state index contributed by atoms with van der Waals surface area (Å²) in [6, 6.07) is 6.36. The molecule has 1 N–H and O–H groups in total. The molecule has 1 aliphatic rings. The highest BCUT2D eigenvalue weighted by Gasteiger charge is 2.23. The Kier molecular flexibility index (Phi) is 5.07. The molecule has 0 atom stereocenters. The minimum atomic E-state index is -0.806. The molecule has 0 radical (unpaired) electrons. The first-order chi connectivity index (χ1) is 14.0. The average Bonchev–Trinajstić information content (AvgIpc) is 3.17. The summed E-state index contributed by atoms with van der Waals surface area (Å²) in [4.78, 5) is 24.6. The van der Waals surface area contributed by atoms with Gasteiger partial charge in [-0.25, -0.2) is 28.2 Å². The first kappa shape index (κ1) is 18.8. The lowest BCUT2D eigenvalue weighted by Crippen LogP contribution is -2.50. The maximum absolute atomic E-state index is 13.7. The van der Waals surface area contributed by atoms with Gasteiger partial charge in [0, 0.05) is 44.5 Å². The molecule has 2 aromatic heterocycles. The van der Waals surface area contributed by atoms with Gasteiger partial charge in [-0.3, -0.25) is 0 Å². The number of rotatable bonds is 3. The number of urea groups is 1. The Labute approximate surface area is 165 Å². The smallest absolute Gasteiger partial charge is 0.322 e. The summed E-state index contributed by atoms with van der Waals surface area (Å²) in [6.45, 7) is 3.91. The summed E-state index contributed by atoms with van der Waals surface area (Å²) in [7, 11) is 0. The van der Waals surface area contributed by atoms with E-state index in [1.54, 1.807) is 9.58 Å². The molecule has 0 bridgehead atoms. The molecule has 0 saturated carbocycles. The van der Waals surface area contributed by atoms with Gasteiger partial charge in [-0.1, -0.05) is 0 Å². The fourth-order valence-corrected chi connectivity index (χ4v) is 3.10. The van der Waals surface area contributed by atoms with E-state index in [0.29, 0.717) is 32.0 Å². The highest BCUT2D eigenvalue weighted by atomic mass is 19.1. The molecule has 0 unspecified atom stereocenters. The number of carbonyl (C=O) groups excluding carboxylic acids is 1. The number of aromatic nitrogens is 4. The Balaban J connectivity index is 1.38. The molecule has 3 heterocycles. The summed E-state index contributed by atoms with van der Waals surface area (Å²) in [5, 5.41) is 6.83. The number of anilines is 2. The van der Waals surface area contributed by atoms with Crippen LogP contribution in [0.5, 0.6) is 0 Å². The van der Waals surface area contributed by atoms with E-state index >= 15 is 0 Å². The molecule has 1 aliphatic heterocycles. The Morgan fingerprint density at radius 2 is 1.79 bits per heavy atom. The molecule has 2 amide bonds. The quantitative estimate of drug-likeness (QED) is 0.733. The SMILES string of the molecule is Cc1ccn(-c2cc(N3CCN(C(=O)Nc4ccc(F)cc4F)CC3)ncn2)n1. The number of piperazine rings is 1. The maximum Gasteiger partial charge on any atom is 0.322 e. The Hall–Kier alpha value is -3.56. The number of nitrogens with one attached hydrogen (secondary N) is 1. The zero-order chi connectivity index (χ0) is 20.4. The standard InChI is InChI=1S/C19H19F2N7O/c1-13-4-5-28(25-13)18-11-17(22-12-23-18)26-6-8-27(9-7-26)19(29)24-16-3-2-14(20)10-15(16)21/h2-5,10-12H,6-9H2,1H3,(H,24,29). The van der Waals surface area contributed by atoms with Gasteiger partial charge >= 0.3 is 6.03 Å². The van der Waals surface area contributed by atoms with Crippen LogP contribution in [0.3, 0.4) is 0 Å². The van der Waals surface area contributed by atoms with E-state index in [0.717, 1.165) is 23.6 Å². The molecule has 10 heteroatoms. The summed E-state index contributed by atoms with van der Waals surface area (Å²) in [6.07, 6.45) is 3.32. The summed E-state index contributed by atoms with van der Waals surface area (Å²) < 4.78 is 28.4. The fraction of sp³-hybridized carbons (Fsp3) is 0.263. The lowest BCUT2D eigenvalue weighted by molar-refractivity contribution is 0.208. The van der Waals surface area contributed by atoms with Gasteiger partial charge in [-0.2, -0.15) is 5.10 Å². The third kappa shape index (κ3) is 4.15. The molecule has 0 aliphatic carbocycles. The molecule has 4 rings (SSSR count). The van der Waals surface area contributed by atoms with Crippen molar-refractivity contribution in [2.45, 2.75) is 6.92 Å². The van der Waals surface area contributed by atoms with Crippen LogP contribution in [0.15, 0.2) is 42.9 Å². The molecule has 1 aromatic carbocycles. The van der Waals surface area contributed by atoms with Crippen molar-refractivity contribution >= 4 is 17.5 Å². The van der Waals surface area contributed by atoms with Crippen LogP contribution >= 0.6 is 0 Å². The van der Waals surface area contributed by atoms with Crippen molar-refractivity contribution in [2.24, 2.45) is 0 Å². The van der Waals surface area contributed by atoms with Gasteiger partial charge in [0.25, 0.3) is 0 Å². The first-order valence-electron chi connectivity index (χ1n) is 9.10. The summed E-state index contributed by atoms with van der Waals surface area (Å²) >= 11 is 0. The summed E-state index contributed by atoms with van der Waals surface area (Å²) in [5.74, 6) is -0.0918. The van der Waals surface area contributed by atoms with E-state index in [-0.39, 0.29) is 5.69 Å². The van der Waals surface area contributed by atoms with E-state index in [1.807, 2.05) is 30.2 Å². The predicted octanol–water partition coefficient (Wildman–Crippen LogP) is 2.60. The van der Waals surface area contributed by atoms with Crippen molar-refractivity contribution in [2.75, 3.05) is 36.4 Å². The first-order valence-corrected chi connectivity index (χ1v) is 9.10. The number of carbonyl (C=O) groups is 1. The van der Waals surface area contributed by atoms with Crippen LogP contribution in [0, 0.1) is 18.6 Å². The second-order valence-electron chi connectivity index (χ2n) is 6.66. The molecule has 1 saturated heterocycles. The number of aryl methyl sites for hydroxylation is 1. The van der Waals surface area contributed by atoms with Crippen molar-refractivity contribution in [1.82, 2.24) is 24.6 Å². The number of halogens is 2. The highest BCUT2D eigenvalue weighted by molar-refractivity contribution is 5.89. The number of benzene rings is 1. The van der Waals surface area contributed by atoms with Crippen LogP contribution in [0.25, 0.3) is 5.82 Å². The third-order valence-corrected chi connectivity index (χ3v) is 4.66. The van der Waals surface area contributed by atoms with E-state index in [9.17, 15) is 13.6 Å². The topological polar surface area (TPSA) is 79.2 Å². The molecular formula is C19H19F2N7O. The Morgan fingerprint density at radius 1 is 1.03 bits per heavy atom. The van der Waals surface area contributed by atoms with Gasteiger partial charge in [0.05, 0.1) is 11.4 Å². The van der Waals surface area contributed by atoms with Crippen molar-refractivity contribution < 1.29 is 13.6 Å². The number of hydrogen-bond donors (Lipinski definition) is 1. The van der Waals surface area contributed by atoms with Crippen molar-refractivity contribution in [3.05, 3.63) is 60.2 Å². The van der Waals surface area contributed by atoms with E-state index in [4.69, 9.17) is 0 Å². The second-order valence-corrected chi connectivity index (χ2v) is 6.66. The monoisotopic (exact) mass is 399 g/mol. The molecule has 29 heavy (non-hydrogen) atoms.